The molecule has 1 aliphatic carbocycles. The SMILES string of the molecule is CC(C)C[S@@](=N)(=O)C1CCCCC1. The Balaban J connectivity index is 2.57. The fraction of sp³-hybridized carbons (Fsp3) is 1.00. The van der Waals surface area contributed by atoms with E-state index in [1.807, 2.05) is 0 Å². The standard InChI is InChI=1S/C10H21NOS/c1-9(2)8-13(11,12)10-6-4-3-5-7-10/h9-11H,3-8H2,1-2H3/t13-/m1/s1. The average Bonchev–Trinajstić information content (AvgIpc) is 2.04. The third kappa shape index (κ3) is 3.29. The van der Waals surface area contributed by atoms with E-state index in [-0.39, 0.29) is 5.25 Å². The average molecular weight is 203 g/mol. The molecule has 13 heavy (non-hydrogen) atoms. The van der Waals surface area contributed by atoms with Crippen molar-refractivity contribution in [3.8, 4) is 0 Å². The van der Waals surface area contributed by atoms with Gasteiger partial charge in [0.15, 0.2) is 0 Å². The van der Waals surface area contributed by atoms with Crippen LogP contribution < -0.4 is 0 Å². The second-order valence-corrected chi connectivity index (χ2v) is 7.00. The first-order chi connectivity index (χ1) is 6.02. The van der Waals surface area contributed by atoms with Gasteiger partial charge in [-0.15, -0.1) is 0 Å². The Morgan fingerprint density at radius 3 is 2.31 bits per heavy atom. The van der Waals surface area contributed by atoms with Crippen LogP contribution in [0, 0.1) is 10.7 Å². The maximum atomic E-state index is 12.0. The summed E-state index contributed by atoms with van der Waals surface area (Å²) in [5, 5.41) is 0.198. The van der Waals surface area contributed by atoms with Gasteiger partial charge in [0.05, 0.1) is 0 Å². The molecule has 0 heterocycles. The van der Waals surface area contributed by atoms with Gasteiger partial charge in [0.2, 0.25) is 0 Å². The largest absolute Gasteiger partial charge is 0.253 e. The van der Waals surface area contributed by atoms with Gasteiger partial charge in [-0.25, -0.2) is 4.21 Å². The first-order valence-corrected chi connectivity index (χ1v) is 7.06. The highest BCUT2D eigenvalue weighted by Crippen LogP contribution is 2.25. The third-order valence-electron chi connectivity index (χ3n) is 2.67. The Labute approximate surface area is 82.1 Å². The summed E-state index contributed by atoms with van der Waals surface area (Å²) >= 11 is 0. The number of nitrogens with one attached hydrogen (secondary N) is 1. The van der Waals surface area contributed by atoms with Crippen molar-refractivity contribution in [1.82, 2.24) is 0 Å². The molecule has 0 unspecified atom stereocenters. The molecule has 0 aromatic rings. The van der Waals surface area contributed by atoms with Crippen LogP contribution in [0.1, 0.15) is 46.0 Å². The van der Waals surface area contributed by atoms with Crippen molar-refractivity contribution in [2.45, 2.75) is 51.2 Å². The molecule has 0 radical (unpaired) electrons. The van der Waals surface area contributed by atoms with Crippen LogP contribution in [0.2, 0.25) is 0 Å². The van der Waals surface area contributed by atoms with Crippen molar-refractivity contribution in [3.63, 3.8) is 0 Å². The van der Waals surface area contributed by atoms with Gasteiger partial charge in [0.1, 0.15) is 0 Å². The van der Waals surface area contributed by atoms with Gasteiger partial charge in [0.25, 0.3) is 0 Å². The maximum absolute atomic E-state index is 12.0. The van der Waals surface area contributed by atoms with Gasteiger partial charge in [-0.1, -0.05) is 33.1 Å². The van der Waals surface area contributed by atoms with Crippen LogP contribution in [-0.2, 0) is 9.73 Å². The molecule has 0 saturated heterocycles. The van der Waals surface area contributed by atoms with E-state index < -0.39 is 9.73 Å². The maximum Gasteiger partial charge on any atom is 0.0473 e. The zero-order valence-corrected chi connectivity index (χ0v) is 9.53. The fourth-order valence-corrected chi connectivity index (χ4v) is 4.43. The molecular formula is C10H21NOS. The lowest BCUT2D eigenvalue weighted by Gasteiger charge is -2.24. The van der Waals surface area contributed by atoms with Gasteiger partial charge in [-0.05, 0) is 18.8 Å². The molecule has 0 aromatic carbocycles. The van der Waals surface area contributed by atoms with Crippen LogP contribution in [-0.4, -0.2) is 15.2 Å². The monoisotopic (exact) mass is 203 g/mol. The van der Waals surface area contributed by atoms with Crippen molar-refractivity contribution in [3.05, 3.63) is 0 Å². The van der Waals surface area contributed by atoms with E-state index in [9.17, 15) is 4.21 Å². The Morgan fingerprint density at radius 1 is 1.31 bits per heavy atom. The van der Waals surface area contributed by atoms with E-state index >= 15 is 0 Å². The van der Waals surface area contributed by atoms with Gasteiger partial charge in [0, 0.05) is 20.7 Å². The molecule has 0 aromatic heterocycles. The predicted molar refractivity (Wildman–Crippen MR) is 57.4 cm³/mol. The summed E-state index contributed by atoms with van der Waals surface area (Å²) in [5.41, 5.74) is 0. The third-order valence-corrected chi connectivity index (χ3v) is 5.38. The number of rotatable bonds is 3. The summed E-state index contributed by atoms with van der Waals surface area (Å²) in [7, 11) is -2.28. The van der Waals surface area contributed by atoms with E-state index in [1.165, 1.54) is 19.3 Å². The summed E-state index contributed by atoms with van der Waals surface area (Å²) in [4.78, 5) is 0. The van der Waals surface area contributed by atoms with Gasteiger partial charge < -0.3 is 0 Å². The minimum absolute atomic E-state index is 0.198. The molecule has 1 rings (SSSR count). The van der Waals surface area contributed by atoms with Crippen molar-refractivity contribution >= 4 is 9.73 Å². The highest BCUT2D eigenvalue weighted by atomic mass is 32.2. The molecule has 0 amide bonds. The quantitative estimate of drug-likeness (QED) is 0.752. The van der Waals surface area contributed by atoms with Crippen LogP contribution in [0.5, 0.6) is 0 Å². The van der Waals surface area contributed by atoms with Crippen molar-refractivity contribution in [2.24, 2.45) is 5.92 Å². The molecule has 1 fully saturated rings. The molecule has 1 aliphatic rings. The second-order valence-electron chi connectivity index (χ2n) is 4.55. The fourth-order valence-electron chi connectivity index (χ4n) is 2.08. The molecule has 2 nitrogen and oxygen atoms in total. The zero-order chi connectivity index (χ0) is 9.90. The van der Waals surface area contributed by atoms with Crippen LogP contribution in [0.25, 0.3) is 0 Å². The lowest BCUT2D eigenvalue weighted by atomic mass is 10.0. The summed E-state index contributed by atoms with van der Waals surface area (Å²) in [5.74, 6) is 0.990. The molecule has 0 spiro atoms. The van der Waals surface area contributed by atoms with Crippen LogP contribution in [0.3, 0.4) is 0 Å². The Morgan fingerprint density at radius 2 is 1.85 bits per heavy atom. The summed E-state index contributed by atoms with van der Waals surface area (Å²) in [6.45, 7) is 4.11. The minimum Gasteiger partial charge on any atom is -0.253 e. The lowest BCUT2D eigenvalue weighted by molar-refractivity contribution is 0.499. The predicted octanol–water partition coefficient (Wildman–Crippen LogP) is 3.02. The lowest BCUT2D eigenvalue weighted by Crippen LogP contribution is -2.27. The molecule has 1 atom stereocenters. The summed E-state index contributed by atoms with van der Waals surface area (Å²) < 4.78 is 19.9. The summed E-state index contributed by atoms with van der Waals surface area (Å²) in [6.07, 6.45) is 5.68. The molecule has 0 aliphatic heterocycles. The van der Waals surface area contributed by atoms with Crippen LogP contribution >= 0.6 is 0 Å². The Kier molecular flexibility index (Phi) is 3.77. The van der Waals surface area contributed by atoms with Crippen molar-refractivity contribution in [2.75, 3.05) is 5.75 Å². The molecule has 3 heteroatoms. The second kappa shape index (κ2) is 4.45. The van der Waals surface area contributed by atoms with Crippen molar-refractivity contribution < 1.29 is 4.21 Å². The van der Waals surface area contributed by atoms with Crippen LogP contribution in [0.4, 0.5) is 0 Å². The van der Waals surface area contributed by atoms with E-state index in [1.54, 1.807) is 0 Å². The van der Waals surface area contributed by atoms with Gasteiger partial charge in [-0.2, -0.15) is 0 Å². The highest BCUT2D eigenvalue weighted by molar-refractivity contribution is 7.93. The molecule has 1 N–H and O–H groups in total. The normalized spacial score (nSPS) is 24.5. The van der Waals surface area contributed by atoms with E-state index in [0.717, 1.165) is 12.8 Å². The zero-order valence-electron chi connectivity index (χ0n) is 8.71. The van der Waals surface area contributed by atoms with E-state index in [2.05, 4.69) is 13.8 Å². The topological polar surface area (TPSA) is 40.9 Å². The van der Waals surface area contributed by atoms with E-state index in [0.29, 0.717) is 11.7 Å². The smallest absolute Gasteiger partial charge is 0.0473 e. The molecule has 78 valence electrons. The number of hydrogen-bond donors (Lipinski definition) is 1. The minimum atomic E-state index is -2.28. The van der Waals surface area contributed by atoms with Gasteiger partial charge >= 0.3 is 0 Å². The van der Waals surface area contributed by atoms with Crippen LogP contribution in [0.15, 0.2) is 0 Å². The first kappa shape index (κ1) is 11.0. The first-order valence-electron chi connectivity index (χ1n) is 5.27. The Bertz CT molecular complexity index is 238. The van der Waals surface area contributed by atoms with Gasteiger partial charge in [-0.3, -0.25) is 4.78 Å². The highest BCUT2D eigenvalue weighted by Gasteiger charge is 2.24. The summed E-state index contributed by atoms with van der Waals surface area (Å²) in [6, 6.07) is 0. The Hall–Kier alpha value is -0.0500. The molecular weight excluding hydrogens is 182 g/mol. The van der Waals surface area contributed by atoms with Crippen molar-refractivity contribution in [1.29, 1.82) is 4.78 Å². The van der Waals surface area contributed by atoms with E-state index in [4.69, 9.17) is 4.78 Å². The molecule has 1 saturated carbocycles. The number of hydrogen-bond acceptors (Lipinski definition) is 2. The molecule has 0 bridgehead atoms.